The fraction of sp³-hybridized carbons (Fsp3) is 0.556. The van der Waals surface area contributed by atoms with Gasteiger partial charge in [0.15, 0.2) is 5.82 Å². The predicted molar refractivity (Wildman–Crippen MR) is 53.8 cm³/mol. The fourth-order valence-electron chi connectivity index (χ4n) is 1.03. The van der Waals surface area contributed by atoms with Crippen molar-refractivity contribution in [2.75, 3.05) is 31.6 Å². The molecule has 1 rings (SSSR count). The topological polar surface area (TPSA) is 41.0 Å². The zero-order chi connectivity index (χ0) is 10.4. The van der Waals surface area contributed by atoms with E-state index in [1.165, 1.54) is 12.4 Å². The van der Waals surface area contributed by atoms with Crippen molar-refractivity contribution in [3.05, 3.63) is 18.2 Å². The quantitative estimate of drug-likeness (QED) is 0.706. The Labute approximate surface area is 83.2 Å². The second-order valence-corrected chi connectivity index (χ2v) is 2.98. The summed E-state index contributed by atoms with van der Waals surface area (Å²) in [6.07, 6.45) is 2.35. The highest BCUT2D eigenvalue weighted by Gasteiger charge is 2.02. The summed E-state index contributed by atoms with van der Waals surface area (Å²) in [5, 5.41) is 3.19. The lowest BCUT2D eigenvalue weighted by atomic mass is 10.5. The first kappa shape index (κ1) is 10.8. The lowest BCUT2D eigenvalue weighted by Crippen LogP contribution is -2.30. The van der Waals surface area contributed by atoms with Crippen LogP contribution in [0.15, 0.2) is 12.4 Å². The molecule has 0 aromatic carbocycles. The molecular weight excluding hydrogens is 183 g/mol. The van der Waals surface area contributed by atoms with Crippen molar-refractivity contribution in [1.82, 2.24) is 15.3 Å². The Morgan fingerprint density at radius 1 is 1.43 bits per heavy atom. The second kappa shape index (κ2) is 5.49. The molecule has 0 unspecified atom stereocenters. The van der Waals surface area contributed by atoms with Crippen LogP contribution >= 0.6 is 0 Å². The Kier molecular flexibility index (Phi) is 4.25. The third kappa shape index (κ3) is 3.26. The lowest BCUT2D eigenvalue weighted by molar-refractivity contribution is 0.611. The smallest absolute Gasteiger partial charge is 0.225 e. The van der Waals surface area contributed by atoms with Crippen LogP contribution in [0.5, 0.6) is 0 Å². The van der Waals surface area contributed by atoms with Crippen LogP contribution in [0.1, 0.15) is 6.92 Å². The van der Waals surface area contributed by atoms with Crippen molar-refractivity contribution in [1.29, 1.82) is 0 Å². The molecule has 0 radical (unpaired) electrons. The van der Waals surface area contributed by atoms with Crippen LogP contribution in [0.4, 0.5) is 10.3 Å². The monoisotopic (exact) mass is 198 g/mol. The molecule has 0 spiro atoms. The van der Waals surface area contributed by atoms with E-state index in [4.69, 9.17) is 0 Å². The fourth-order valence-corrected chi connectivity index (χ4v) is 1.03. The maximum atomic E-state index is 12.5. The molecule has 1 aromatic rings. The highest BCUT2D eigenvalue weighted by molar-refractivity contribution is 5.26. The molecule has 0 aliphatic heterocycles. The number of likely N-dealkylation sites (N-methyl/N-ethyl adjacent to an activating group) is 2. The summed E-state index contributed by atoms with van der Waals surface area (Å²) in [6, 6.07) is 0. The predicted octanol–water partition coefficient (Wildman–Crippen LogP) is 0.661. The molecule has 0 fully saturated rings. The van der Waals surface area contributed by atoms with E-state index < -0.39 is 5.82 Å². The van der Waals surface area contributed by atoms with Crippen LogP contribution in [0.2, 0.25) is 0 Å². The summed E-state index contributed by atoms with van der Waals surface area (Å²) >= 11 is 0. The second-order valence-electron chi connectivity index (χ2n) is 2.98. The van der Waals surface area contributed by atoms with Gasteiger partial charge in [-0.05, 0) is 6.54 Å². The van der Waals surface area contributed by atoms with Gasteiger partial charge in [-0.2, -0.15) is 0 Å². The van der Waals surface area contributed by atoms with Crippen molar-refractivity contribution in [2.45, 2.75) is 6.92 Å². The Morgan fingerprint density at radius 2 is 2.07 bits per heavy atom. The first-order chi connectivity index (χ1) is 6.74. The molecule has 0 bridgehead atoms. The number of anilines is 1. The van der Waals surface area contributed by atoms with Gasteiger partial charge in [0.2, 0.25) is 5.95 Å². The van der Waals surface area contributed by atoms with Gasteiger partial charge >= 0.3 is 0 Å². The zero-order valence-corrected chi connectivity index (χ0v) is 8.50. The van der Waals surface area contributed by atoms with E-state index in [1.807, 2.05) is 18.9 Å². The van der Waals surface area contributed by atoms with Crippen LogP contribution in [0, 0.1) is 5.82 Å². The molecule has 14 heavy (non-hydrogen) atoms. The van der Waals surface area contributed by atoms with Crippen molar-refractivity contribution in [2.24, 2.45) is 0 Å². The zero-order valence-electron chi connectivity index (χ0n) is 8.50. The summed E-state index contributed by atoms with van der Waals surface area (Å²) in [6.45, 7) is 4.67. The molecule has 1 aromatic heterocycles. The number of nitrogens with one attached hydrogen (secondary N) is 1. The standard InChI is InChI=1S/C9H15FN4/c1-3-11-4-5-14(2)9-12-6-8(10)7-13-9/h6-7,11H,3-5H2,1-2H3. The van der Waals surface area contributed by atoms with Gasteiger partial charge in [0.25, 0.3) is 0 Å². The lowest BCUT2D eigenvalue weighted by Gasteiger charge is -2.16. The Hall–Kier alpha value is -1.23. The molecule has 1 heterocycles. The van der Waals surface area contributed by atoms with E-state index in [-0.39, 0.29) is 0 Å². The third-order valence-electron chi connectivity index (χ3n) is 1.82. The van der Waals surface area contributed by atoms with E-state index in [1.54, 1.807) is 0 Å². The first-order valence-corrected chi connectivity index (χ1v) is 4.63. The van der Waals surface area contributed by atoms with Crippen LogP contribution < -0.4 is 10.2 Å². The number of halogens is 1. The minimum atomic E-state index is -0.408. The number of hydrogen-bond acceptors (Lipinski definition) is 4. The third-order valence-corrected chi connectivity index (χ3v) is 1.82. The Bertz CT molecular complexity index is 262. The maximum absolute atomic E-state index is 12.5. The van der Waals surface area contributed by atoms with E-state index >= 15 is 0 Å². The van der Waals surface area contributed by atoms with Gasteiger partial charge in [-0.25, -0.2) is 14.4 Å². The van der Waals surface area contributed by atoms with Crippen molar-refractivity contribution in [3.8, 4) is 0 Å². The maximum Gasteiger partial charge on any atom is 0.225 e. The average Bonchev–Trinajstić information content (AvgIpc) is 2.19. The summed E-state index contributed by atoms with van der Waals surface area (Å²) in [4.78, 5) is 9.62. The normalized spacial score (nSPS) is 10.2. The molecule has 0 atom stereocenters. The van der Waals surface area contributed by atoms with Gasteiger partial charge in [-0.1, -0.05) is 6.92 Å². The van der Waals surface area contributed by atoms with Gasteiger partial charge in [0.1, 0.15) is 0 Å². The van der Waals surface area contributed by atoms with E-state index in [0.29, 0.717) is 5.95 Å². The van der Waals surface area contributed by atoms with Crippen LogP contribution in [-0.4, -0.2) is 36.6 Å². The minimum Gasteiger partial charge on any atom is -0.343 e. The van der Waals surface area contributed by atoms with E-state index in [0.717, 1.165) is 19.6 Å². The molecule has 0 aliphatic carbocycles. The van der Waals surface area contributed by atoms with Crippen molar-refractivity contribution >= 4 is 5.95 Å². The molecule has 0 saturated carbocycles. The SMILES string of the molecule is CCNCCN(C)c1ncc(F)cn1. The molecule has 4 nitrogen and oxygen atoms in total. The number of hydrogen-bond donors (Lipinski definition) is 1. The molecular formula is C9H15FN4. The molecule has 78 valence electrons. The van der Waals surface area contributed by atoms with Gasteiger partial charge in [0.05, 0.1) is 12.4 Å². The van der Waals surface area contributed by atoms with Gasteiger partial charge in [-0.15, -0.1) is 0 Å². The van der Waals surface area contributed by atoms with Crippen LogP contribution in [0.25, 0.3) is 0 Å². The summed E-state index contributed by atoms with van der Waals surface area (Å²) in [5.74, 6) is 0.137. The van der Waals surface area contributed by atoms with Gasteiger partial charge < -0.3 is 10.2 Å². The molecule has 5 heteroatoms. The summed E-state index contributed by atoms with van der Waals surface area (Å²) in [7, 11) is 1.88. The molecule has 0 aliphatic rings. The first-order valence-electron chi connectivity index (χ1n) is 4.63. The molecule has 0 saturated heterocycles. The van der Waals surface area contributed by atoms with E-state index in [2.05, 4.69) is 15.3 Å². The summed E-state index contributed by atoms with van der Waals surface area (Å²) in [5.41, 5.74) is 0. The largest absolute Gasteiger partial charge is 0.343 e. The van der Waals surface area contributed by atoms with Gasteiger partial charge in [0, 0.05) is 20.1 Å². The molecule has 0 amide bonds. The molecule has 1 N–H and O–H groups in total. The Balaban J connectivity index is 2.43. The number of rotatable bonds is 5. The highest BCUT2D eigenvalue weighted by atomic mass is 19.1. The van der Waals surface area contributed by atoms with Crippen LogP contribution in [-0.2, 0) is 0 Å². The number of aromatic nitrogens is 2. The van der Waals surface area contributed by atoms with Gasteiger partial charge in [-0.3, -0.25) is 0 Å². The van der Waals surface area contributed by atoms with E-state index in [9.17, 15) is 4.39 Å². The summed E-state index contributed by atoms with van der Waals surface area (Å²) < 4.78 is 12.5. The minimum absolute atomic E-state index is 0.408. The van der Waals surface area contributed by atoms with Crippen molar-refractivity contribution < 1.29 is 4.39 Å². The van der Waals surface area contributed by atoms with Crippen LogP contribution in [0.3, 0.4) is 0 Å². The Morgan fingerprint density at radius 3 is 2.64 bits per heavy atom. The number of nitrogens with zero attached hydrogens (tertiary/aromatic N) is 3. The van der Waals surface area contributed by atoms with Crippen molar-refractivity contribution in [3.63, 3.8) is 0 Å². The highest BCUT2D eigenvalue weighted by Crippen LogP contribution is 2.02. The average molecular weight is 198 g/mol.